The van der Waals surface area contributed by atoms with E-state index in [1.807, 2.05) is 30.0 Å². The number of hydrogen-bond donors (Lipinski definition) is 0. The molecule has 0 spiro atoms. The van der Waals surface area contributed by atoms with Gasteiger partial charge < -0.3 is 4.90 Å². The molecule has 2 heterocycles. The van der Waals surface area contributed by atoms with Gasteiger partial charge in [-0.3, -0.25) is 9.69 Å². The predicted octanol–water partition coefficient (Wildman–Crippen LogP) is 4.28. The fourth-order valence-corrected chi connectivity index (χ4v) is 4.44. The Balaban J connectivity index is 1.37. The Labute approximate surface area is 170 Å². The van der Waals surface area contributed by atoms with Crippen LogP contribution in [0.1, 0.15) is 29.1 Å². The summed E-state index contributed by atoms with van der Waals surface area (Å²) in [4.78, 5) is 21.5. The minimum atomic E-state index is 0.280. The number of thioether (sulfide) groups is 1. The topological polar surface area (TPSA) is 36.4 Å². The average Bonchev–Trinajstić information content (AvgIpc) is 2.94. The summed E-state index contributed by atoms with van der Waals surface area (Å²) >= 11 is 3.41. The van der Waals surface area contributed by atoms with Crippen molar-refractivity contribution in [1.82, 2.24) is 14.8 Å². The Kier molecular flexibility index (Phi) is 7.93. The normalized spacial score (nSPS) is 16.0. The van der Waals surface area contributed by atoms with Crippen LogP contribution in [0.2, 0.25) is 0 Å². The lowest BCUT2D eigenvalue weighted by molar-refractivity contribution is -0.130. The van der Waals surface area contributed by atoms with Crippen molar-refractivity contribution in [3.05, 3.63) is 57.4 Å². The number of rotatable bonds is 7. The maximum Gasteiger partial charge on any atom is 0.223 e. The van der Waals surface area contributed by atoms with Gasteiger partial charge in [-0.2, -0.15) is 0 Å². The molecule has 1 saturated heterocycles. The summed E-state index contributed by atoms with van der Waals surface area (Å²) in [7, 11) is 0. The summed E-state index contributed by atoms with van der Waals surface area (Å²) in [5.74, 6) is 1.11. The number of carbonyl (C=O) groups excluding carboxylic acids is 1. The van der Waals surface area contributed by atoms with Crippen molar-refractivity contribution in [2.45, 2.75) is 26.3 Å². The number of aromatic nitrogens is 1. The van der Waals surface area contributed by atoms with E-state index >= 15 is 0 Å². The number of benzene rings is 1. The summed E-state index contributed by atoms with van der Waals surface area (Å²) in [6.07, 6.45) is 3.74. The first-order valence-corrected chi connectivity index (χ1v) is 11.4. The van der Waals surface area contributed by atoms with E-state index in [4.69, 9.17) is 0 Å². The van der Waals surface area contributed by atoms with Gasteiger partial charge in [0.1, 0.15) is 0 Å². The van der Waals surface area contributed by atoms with Gasteiger partial charge in [-0.1, -0.05) is 30.3 Å². The lowest BCUT2D eigenvalue weighted by Gasteiger charge is -2.21. The van der Waals surface area contributed by atoms with Crippen LogP contribution in [0.4, 0.5) is 0 Å². The predicted molar refractivity (Wildman–Crippen MR) is 116 cm³/mol. The second-order valence-corrected chi connectivity index (χ2v) is 8.78. The van der Waals surface area contributed by atoms with E-state index in [9.17, 15) is 4.79 Å². The molecule has 0 saturated carbocycles. The van der Waals surface area contributed by atoms with Crippen molar-refractivity contribution in [2.75, 3.05) is 31.9 Å². The second-order valence-electron chi connectivity index (χ2n) is 6.70. The highest BCUT2D eigenvalue weighted by atomic mass is 32.2. The quantitative estimate of drug-likeness (QED) is 0.649. The number of thiazole rings is 1. The highest BCUT2D eigenvalue weighted by Gasteiger charge is 2.19. The van der Waals surface area contributed by atoms with E-state index in [0.717, 1.165) is 55.6 Å². The number of amides is 1. The second kappa shape index (κ2) is 10.6. The van der Waals surface area contributed by atoms with Crippen LogP contribution >= 0.6 is 23.1 Å². The highest BCUT2D eigenvalue weighted by molar-refractivity contribution is 8.02. The van der Waals surface area contributed by atoms with Gasteiger partial charge in [0.05, 0.1) is 10.7 Å². The number of carbonyl (C=O) groups is 1. The molecule has 0 aliphatic carbocycles. The Morgan fingerprint density at radius 3 is 2.85 bits per heavy atom. The Morgan fingerprint density at radius 2 is 2.07 bits per heavy atom. The van der Waals surface area contributed by atoms with Crippen LogP contribution in [-0.4, -0.2) is 52.6 Å². The molecule has 1 fully saturated rings. The molecule has 0 bridgehead atoms. The molecule has 1 aliphatic rings. The third-order valence-electron chi connectivity index (χ3n) is 4.58. The fraction of sp³-hybridized carbons (Fsp3) is 0.429. The molecule has 0 radical (unpaired) electrons. The Hall–Kier alpha value is -1.63. The van der Waals surface area contributed by atoms with Gasteiger partial charge in [-0.15, -0.1) is 23.1 Å². The lowest BCUT2D eigenvalue weighted by Crippen LogP contribution is -2.35. The first-order valence-electron chi connectivity index (χ1n) is 9.45. The van der Waals surface area contributed by atoms with Crippen molar-refractivity contribution in [2.24, 2.45) is 0 Å². The number of hydrogen-bond acceptors (Lipinski definition) is 5. The third kappa shape index (κ3) is 6.79. The zero-order valence-electron chi connectivity index (χ0n) is 15.8. The smallest absolute Gasteiger partial charge is 0.223 e. The van der Waals surface area contributed by atoms with E-state index in [1.165, 1.54) is 5.56 Å². The monoisotopic (exact) mass is 401 g/mol. The molecule has 0 atom stereocenters. The average molecular weight is 402 g/mol. The first-order chi connectivity index (χ1) is 13.2. The van der Waals surface area contributed by atoms with E-state index in [-0.39, 0.29) is 5.91 Å². The highest BCUT2D eigenvalue weighted by Crippen LogP contribution is 2.14. The van der Waals surface area contributed by atoms with Gasteiger partial charge in [0, 0.05) is 50.3 Å². The molecule has 0 unspecified atom stereocenters. The minimum Gasteiger partial charge on any atom is -0.341 e. The van der Waals surface area contributed by atoms with Crippen molar-refractivity contribution >= 4 is 35.1 Å². The van der Waals surface area contributed by atoms with Gasteiger partial charge >= 0.3 is 0 Å². The van der Waals surface area contributed by atoms with Gasteiger partial charge in [-0.25, -0.2) is 4.98 Å². The van der Waals surface area contributed by atoms with E-state index in [0.29, 0.717) is 6.42 Å². The molecule has 27 heavy (non-hydrogen) atoms. The van der Waals surface area contributed by atoms with Crippen LogP contribution in [-0.2, 0) is 11.3 Å². The summed E-state index contributed by atoms with van der Waals surface area (Å²) in [5, 5.41) is 5.35. The third-order valence-corrected chi connectivity index (χ3v) is 6.17. The van der Waals surface area contributed by atoms with Crippen LogP contribution in [0.3, 0.4) is 0 Å². The maximum atomic E-state index is 12.5. The van der Waals surface area contributed by atoms with Crippen LogP contribution in [0.15, 0.2) is 41.1 Å². The zero-order chi connectivity index (χ0) is 18.9. The van der Waals surface area contributed by atoms with Crippen LogP contribution in [0.25, 0.3) is 6.08 Å². The number of aryl methyl sites for hydroxylation is 1. The molecule has 1 aromatic heterocycles. The van der Waals surface area contributed by atoms with Crippen LogP contribution < -0.4 is 0 Å². The molecule has 0 N–H and O–H groups in total. The molecule has 4 nitrogen and oxygen atoms in total. The van der Waals surface area contributed by atoms with Gasteiger partial charge in [0.25, 0.3) is 0 Å². The minimum absolute atomic E-state index is 0.280. The molecule has 1 aliphatic heterocycles. The molecule has 1 amide bonds. The first kappa shape index (κ1) is 20.1. The fourth-order valence-electron chi connectivity index (χ4n) is 3.15. The molecular formula is C21H27N3OS2. The molecule has 3 rings (SSSR count). The van der Waals surface area contributed by atoms with Crippen LogP contribution in [0, 0.1) is 6.92 Å². The van der Waals surface area contributed by atoms with Crippen molar-refractivity contribution in [3.8, 4) is 0 Å². The van der Waals surface area contributed by atoms with Crippen molar-refractivity contribution < 1.29 is 4.79 Å². The summed E-state index contributed by atoms with van der Waals surface area (Å²) in [5.41, 5.74) is 2.35. The molecule has 144 valence electrons. The molecule has 2 aromatic rings. The van der Waals surface area contributed by atoms with Crippen LogP contribution in [0.5, 0.6) is 0 Å². The molecule has 1 aromatic carbocycles. The zero-order valence-corrected chi connectivity index (χ0v) is 17.5. The number of nitrogens with zero attached hydrogens (tertiary/aromatic N) is 3. The Morgan fingerprint density at radius 1 is 1.22 bits per heavy atom. The standard InChI is InChI=1S/C21H27N3OS2/c1-18-22-20(17-27-18)16-23-10-5-11-24(13-12-23)21(25)9-15-26-14-8-19-6-3-2-4-7-19/h2-4,6-8,14,17H,5,9-13,15-16H2,1H3/b14-8-. The molecule has 6 heteroatoms. The maximum absolute atomic E-state index is 12.5. The lowest BCUT2D eigenvalue weighted by atomic mass is 10.2. The SMILES string of the molecule is Cc1nc(CN2CCCN(C(=O)CCS/C=C\c3ccccc3)CC2)cs1. The Bertz CT molecular complexity index is 745. The van der Waals surface area contributed by atoms with Gasteiger partial charge in [-0.05, 0) is 30.4 Å². The van der Waals surface area contributed by atoms with Crippen molar-refractivity contribution in [3.63, 3.8) is 0 Å². The molecular weight excluding hydrogens is 374 g/mol. The van der Waals surface area contributed by atoms with Gasteiger partial charge in [0.2, 0.25) is 5.91 Å². The summed E-state index contributed by atoms with van der Waals surface area (Å²) in [6.45, 7) is 6.61. The van der Waals surface area contributed by atoms with E-state index < -0.39 is 0 Å². The largest absolute Gasteiger partial charge is 0.341 e. The van der Waals surface area contributed by atoms with E-state index in [2.05, 4.69) is 38.9 Å². The summed E-state index contributed by atoms with van der Waals surface area (Å²) in [6, 6.07) is 10.2. The van der Waals surface area contributed by atoms with E-state index in [1.54, 1.807) is 23.1 Å². The van der Waals surface area contributed by atoms with Crippen molar-refractivity contribution in [1.29, 1.82) is 0 Å². The van der Waals surface area contributed by atoms with Gasteiger partial charge in [0.15, 0.2) is 0 Å². The summed E-state index contributed by atoms with van der Waals surface area (Å²) < 4.78 is 0.